The van der Waals surface area contributed by atoms with Crippen LogP contribution in [-0.2, 0) is 4.74 Å². The van der Waals surface area contributed by atoms with Gasteiger partial charge in [-0.15, -0.1) is 0 Å². The maximum atomic E-state index is 12.0. The summed E-state index contributed by atoms with van der Waals surface area (Å²) in [6.07, 6.45) is 5.86. The molecule has 1 amide bonds. The molecule has 1 aromatic carbocycles. The van der Waals surface area contributed by atoms with Gasteiger partial charge in [-0.1, -0.05) is 38.3 Å². The number of nitrogens with one attached hydrogen (secondary N) is 2. The summed E-state index contributed by atoms with van der Waals surface area (Å²) < 4.78 is 5.35. The van der Waals surface area contributed by atoms with E-state index in [9.17, 15) is 4.79 Å². The highest BCUT2D eigenvalue weighted by Gasteiger charge is 2.24. The van der Waals surface area contributed by atoms with E-state index < -0.39 is 11.7 Å². The van der Waals surface area contributed by atoms with Gasteiger partial charge in [0.15, 0.2) is 0 Å². The van der Waals surface area contributed by atoms with Crippen LogP contribution < -0.4 is 10.6 Å². The lowest BCUT2D eigenvalue weighted by Gasteiger charge is -2.33. The molecule has 4 nitrogen and oxygen atoms in total. The molecule has 2 rings (SSSR count). The number of hydrogen-bond donors (Lipinski definition) is 2. The number of hydrogen-bond acceptors (Lipinski definition) is 3. The van der Waals surface area contributed by atoms with Gasteiger partial charge in [0.1, 0.15) is 5.60 Å². The van der Waals surface area contributed by atoms with Gasteiger partial charge >= 0.3 is 6.09 Å². The highest BCUT2D eigenvalue weighted by molar-refractivity contribution is 5.89. The molecule has 1 aromatic rings. The Kier molecular flexibility index (Phi) is 5.91. The fourth-order valence-electron chi connectivity index (χ4n) is 3.22. The van der Waals surface area contributed by atoms with Crippen molar-refractivity contribution < 1.29 is 9.53 Å². The third kappa shape index (κ3) is 5.45. The smallest absolute Gasteiger partial charge is 0.412 e. The molecule has 2 unspecified atom stereocenters. The van der Waals surface area contributed by atoms with E-state index in [1.165, 1.54) is 32.1 Å². The van der Waals surface area contributed by atoms with Crippen LogP contribution in [0.3, 0.4) is 0 Å². The fraction of sp³-hybridized carbons (Fsp3) is 0.632. The van der Waals surface area contributed by atoms with Gasteiger partial charge in [0.2, 0.25) is 0 Å². The number of ether oxygens (including phenoxy) is 1. The highest BCUT2D eigenvalue weighted by atomic mass is 16.6. The summed E-state index contributed by atoms with van der Waals surface area (Å²) in [6.45, 7) is 7.86. The molecule has 0 saturated heterocycles. The normalized spacial score (nSPS) is 21.6. The third-order valence-electron chi connectivity index (χ3n) is 4.34. The first-order valence-corrected chi connectivity index (χ1v) is 8.74. The van der Waals surface area contributed by atoms with Crippen molar-refractivity contribution in [2.45, 2.75) is 71.4 Å². The van der Waals surface area contributed by atoms with Crippen molar-refractivity contribution in [3.63, 3.8) is 0 Å². The summed E-state index contributed by atoms with van der Waals surface area (Å²) in [5.41, 5.74) is 1.26. The Labute approximate surface area is 140 Å². The predicted octanol–water partition coefficient (Wildman–Crippen LogP) is 5.41. The zero-order valence-corrected chi connectivity index (χ0v) is 14.8. The molecule has 0 aliphatic heterocycles. The fourth-order valence-corrected chi connectivity index (χ4v) is 3.22. The van der Waals surface area contributed by atoms with Gasteiger partial charge in [-0.25, -0.2) is 4.79 Å². The predicted molar refractivity (Wildman–Crippen MR) is 96.0 cm³/mol. The van der Waals surface area contributed by atoms with Gasteiger partial charge in [0, 0.05) is 6.04 Å². The van der Waals surface area contributed by atoms with Crippen LogP contribution in [0.25, 0.3) is 0 Å². The van der Waals surface area contributed by atoms with Gasteiger partial charge < -0.3 is 10.1 Å². The van der Waals surface area contributed by atoms with E-state index in [0.717, 1.165) is 11.4 Å². The zero-order chi connectivity index (χ0) is 16.9. The number of carbonyl (C=O) groups is 1. The lowest BCUT2D eigenvalue weighted by atomic mass is 9.83. The first-order chi connectivity index (χ1) is 10.9. The molecule has 1 aliphatic rings. The second kappa shape index (κ2) is 7.71. The van der Waals surface area contributed by atoms with E-state index in [4.69, 9.17) is 4.74 Å². The average molecular weight is 318 g/mol. The lowest BCUT2D eigenvalue weighted by Crippen LogP contribution is -2.32. The third-order valence-corrected chi connectivity index (χ3v) is 4.34. The molecule has 0 radical (unpaired) electrons. The number of anilines is 2. The molecule has 4 heteroatoms. The molecule has 1 aliphatic carbocycles. The standard InChI is InChI=1S/C19H30N2O2/c1-5-14-10-6-7-11-15(14)20-16-12-8-9-13-17(16)21-18(22)23-19(2,3)4/h8-9,12-15,20H,5-7,10-11H2,1-4H3,(H,21,22). The number of rotatable bonds is 4. The van der Waals surface area contributed by atoms with Crippen LogP contribution in [-0.4, -0.2) is 17.7 Å². The number of benzene rings is 1. The first-order valence-electron chi connectivity index (χ1n) is 8.74. The van der Waals surface area contributed by atoms with Gasteiger partial charge in [0.25, 0.3) is 0 Å². The zero-order valence-electron chi connectivity index (χ0n) is 14.8. The quantitative estimate of drug-likeness (QED) is 0.780. The molecule has 0 spiro atoms. The molecular formula is C19H30N2O2. The van der Waals surface area contributed by atoms with Crippen LogP contribution in [0.15, 0.2) is 24.3 Å². The van der Waals surface area contributed by atoms with Gasteiger partial charge in [-0.2, -0.15) is 0 Å². The van der Waals surface area contributed by atoms with Crippen molar-refractivity contribution in [2.24, 2.45) is 5.92 Å². The first kappa shape index (κ1) is 17.6. The van der Waals surface area contributed by atoms with Crippen molar-refractivity contribution in [1.82, 2.24) is 0 Å². The highest BCUT2D eigenvalue weighted by Crippen LogP contribution is 2.31. The van der Waals surface area contributed by atoms with Gasteiger partial charge in [0.05, 0.1) is 11.4 Å². The summed E-state index contributed by atoms with van der Waals surface area (Å²) in [5, 5.41) is 6.51. The second-order valence-corrected chi connectivity index (χ2v) is 7.38. The molecular weight excluding hydrogens is 288 g/mol. The Morgan fingerprint density at radius 1 is 1.17 bits per heavy atom. The van der Waals surface area contributed by atoms with Crippen LogP contribution in [0.4, 0.5) is 16.2 Å². The summed E-state index contributed by atoms with van der Waals surface area (Å²) in [7, 11) is 0. The van der Waals surface area contributed by atoms with Crippen molar-refractivity contribution >= 4 is 17.5 Å². The van der Waals surface area contributed by atoms with Crippen molar-refractivity contribution in [3.8, 4) is 0 Å². The molecule has 128 valence electrons. The number of amides is 1. The van der Waals surface area contributed by atoms with Gasteiger partial charge in [-0.05, 0) is 51.7 Å². The van der Waals surface area contributed by atoms with E-state index in [1.54, 1.807) is 0 Å². The van der Waals surface area contributed by atoms with E-state index in [2.05, 4.69) is 17.6 Å². The topological polar surface area (TPSA) is 50.4 Å². The van der Waals surface area contributed by atoms with Gasteiger partial charge in [-0.3, -0.25) is 5.32 Å². The van der Waals surface area contributed by atoms with Crippen LogP contribution in [0.5, 0.6) is 0 Å². The van der Waals surface area contributed by atoms with Crippen molar-refractivity contribution in [3.05, 3.63) is 24.3 Å². The minimum atomic E-state index is -0.497. The summed E-state index contributed by atoms with van der Waals surface area (Å²) >= 11 is 0. The number of carbonyl (C=O) groups excluding carboxylic acids is 1. The van der Waals surface area contributed by atoms with Crippen LogP contribution in [0.2, 0.25) is 0 Å². The molecule has 2 N–H and O–H groups in total. The number of para-hydroxylation sites is 2. The average Bonchev–Trinajstić information content (AvgIpc) is 2.48. The minimum absolute atomic E-state index is 0.414. The van der Waals surface area contributed by atoms with Crippen molar-refractivity contribution in [1.29, 1.82) is 0 Å². The Morgan fingerprint density at radius 3 is 2.48 bits per heavy atom. The van der Waals surface area contributed by atoms with E-state index in [1.807, 2.05) is 45.0 Å². The van der Waals surface area contributed by atoms with Crippen LogP contribution >= 0.6 is 0 Å². The second-order valence-electron chi connectivity index (χ2n) is 7.38. The SMILES string of the molecule is CCC1CCCCC1Nc1ccccc1NC(=O)OC(C)(C)C. The Morgan fingerprint density at radius 2 is 1.83 bits per heavy atom. The summed E-state index contributed by atoms with van der Waals surface area (Å²) in [4.78, 5) is 12.0. The molecule has 1 saturated carbocycles. The van der Waals surface area contributed by atoms with Crippen LogP contribution in [0.1, 0.15) is 59.8 Å². The summed E-state index contributed by atoms with van der Waals surface area (Å²) in [6, 6.07) is 8.34. The molecule has 0 aromatic heterocycles. The minimum Gasteiger partial charge on any atom is -0.444 e. The van der Waals surface area contributed by atoms with E-state index >= 15 is 0 Å². The monoisotopic (exact) mass is 318 g/mol. The van der Waals surface area contributed by atoms with E-state index in [0.29, 0.717) is 12.0 Å². The lowest BCUT2D eigenvalue weighted by molar-refractivity contribution is 0.0636. The molecule has 0 heterocycles. The van der Waals surface area contributed by atoms with Crippen LogP contribution in [0, 0.1) is 5.92 Å². The Hall–Kier alpha value is -1.71. The molecule has 2 atom stereocenters. The maximum absolute atomic E-state index is 12.0. The Balaban J connectivity index is 2.06. The van der Waals surface area contributed by atoms with E-state index in [-0.39, 0.29) is 0 Å². The molecule has 23 heavy (non-hydrogen) atoms. The Bertz CT molecular complexity index is 522. The maximum Gasteiger partial charge on any atom is 0.412 e. The molecule has 1 fully saturated rings. The summed E-state index contributed by atoms with van der Waals surface area (Å²) in [5.74, 6) is 0.707. The largest absolute Gasteiger partial charge is 0.444 e. The molecule has 0 bridgehead atoms. The van der Waals surface area contributed by atoms with Crippen molar-refractivity contribution in [2.75, 3.05) is 10.6 Å².